The minimum absolute atomic E-state index is 0.0602. The first kappa shape index (κ1) is 19.1. The summed E-state index contributed by atoms with van der Waals surface area (Å²) in [6.45, 7) is 2.00. The van der Waals surface area contributed by atoms with Gasteiger partial charge in [-0.1, -0.05) is 35.9 Å². The summed E-state index contributed by atoms with van der Waals surface area (Å²) in [4.78, 5) is 12.1. The summed E-state index contributed by atoms with van der Waals surface area (Å²) >= 11 is 0. The van der Waals surface area contributed by atoms with Crippen LogP contribution in [0.1, 0.15) is 21.5 Å². The lowest BCUT2D eigenvalue weighted by atomic mass is 10.1. The van der Waals surface area contributed by atoms with Crippen molar-refractivity contribution in [1.29, 1.82) is 0 Å². The number of benzene rings is 2. The molecule has 0 bridgehead atoms. The number of amides is 1. The zero-order valence-electron chi connectivity index (χ0n) is 14.2. The normalized spacial score (nSPS) is 11.5. The van der Waals surface area contributed by atoms with Crippen LogP contribution in [-0.4, -0.2) is 38.0 Å². The van der Waals surface area contributed by atoms with Crippen LogP contribution >= 0.6 is 0 Å². The summed E-state index contributed by atoms with van der Waals surface area (Å²) in [6.07, 6.45) is 1.07. The van der Waals surface area contributed by atoms with Gasteiger partial charge in [0.05, 0.1) is 6.26 Å². The molecule has 2 rings (SSSR count). The molecule has 0 spiro atoms. The van der Waals surface area contributed by atoms with Crippen molar-refractivity contribution in [3.05, 3.63) is 71.0 Å². The van der Waals surface area contributed by atoms with Gasteiger partial charge < -0.3 is 5.32 Å². The summed E-state index contributed by atoms with van der Waals surface area (Å²) in [5.74, 6) is -0.733. The Balaban J connectivity index is 1.99. The number of hydrogen-bond donors (Lipinski definition) is 1. The van der Waals surface area contributed by atoms with Crippen LogP contribution in [0.2, 0.25) is 0 Å². The molecule has 0 atom stereocenters. The van der Waals surface area contributed by atoms with Gasteiger partial charge >= 0.3 is 0 Å². The van der Waals surface area contributed by atoms with E-state index in [1.54, 1.807) is 36.4 Å². The Labute approximate surface area is 147 Å². The largest absolute Gasteiger partial charge is 0.351 e. The highest BCUT2D eigenvalue weighted by Crippen LogP contribution is 2.12. The second kappa shape index (κ2) is 8.22. The second-order valence-electron chi connectivity index (χ2n) is 5.81. The van der Waals surface area contributed by atoms with Gasteiger partial charge in [0, 0.05) is 30.8 Å². The Kier molecular flexibility index (Phi) is 6.27. The van der Waals surface area contributed by atoms with E-state index in [-0.39, 0.29) is 31.1 Å². The first-order valence-corrected chi connectivity index (χ1v) is 9.65. The standard InChI is InChI=1S/C18H21FN2O3S/c1-14-6-5-8-15(12-14)18(22)20-10-11-21(25(2,23)24)13-16-7-3-4-9-17(16)19/h3-9,12H,10-11,13H2,1-2H3,(H,20,22). The number of carbonyl (C=O) groups is 1. The fraction of sp³-hybridized carbons (Fsp3) is 0.278. The fourth-order valence-corrected chi connectivity index (χ4v) is 3.16. The number of hydrogen-bond acceptors (Lipinski definition) is 3. The summed E-state index contributed by atoms with van der Waals surface area (Å²) < 4.78 is 38.8. The third kappa shape index (κ3) is 5.65. The van der Waals surface area contributed by atoms with Gasteiger partial charge in [-0.05, 0) is 25.1 Å². The molecule has 0 aliphatic heterocycles. The van der Waals surface area contributed by atoms with Crippen LogP contribution in [0.4, 0.5) is 4.39 Å². The van der Waals surface area contributed by atoms with Crippen LogP contribution < -0.4 is 5.32 Å². The Morgan fingerprint density at radius 1 is 1.16 bits per heavy atom. The number of nitrogens with one attached hydrogen (secondary N) is 1. The molecule has 0 radical (unpaired) electrons. The van der Waals surface area contributed by atoms with Crippen LogP contribution in [0.25, 0.3) is 0 Å². The van der Waals surface area contributed by atoms with E-state index in [1.807, 2.05) is 13.0 Å². The zero-order chi connectivity index (χ0) is 18.4. The SMILES string of the molecule is Cc1cccc(C(=O)NCCN(Cc2ccccc2F)S(C)(=O)=O)c1. The number of rotatable bonds is 7. The van der Waals surface area contributed by atoms with Crippen LogP contribution in [0, 0.1) is 12.7 Å². The molecule has 134 valence electrons. The summed E-state index contributed by atoms with van der Waals surface area (Å²) in [7, 11) is -3.53. The average Bonchev–Trinajstić information content (AvgIpc) is 2.54. The molecular formula is C18H21FN2O3S. The monoisotopic (exact) mass is 364 g/mol. The highest BCUT2D eigenvalue weighted by Gasteiger charge is 2.18. The lowest BCUT2D eigenvalue weighted by Crippen LogP contribution is -2.37. The van der Waals surface area contributed by atoms with Gasteiger partial charge in [0.1, 0.15) is 5.82 Å². The maximum absolute atomic E-state index is 13.8. The average molecular weight is 364 g/mol. The zero-order valence-corrected chi connectivity index (χ0v) is 15.0. The first-order valence-electron chi connectivity index (χ1n) is 7.81. The molecule has 0 aliphatic carbocycles. The minimum Gasteiger partial charge on any atom is -0.351 e. The molecule has 0 aliphatic rings. The highest BCUT2D eigenvalue weighted by molar-refractivity contribution is 7.88. The number of aryl methyl sites for hydroxylation is 1. The lowest BCUT2D eigenvalue weighted by molar-refractivity contribution is 0.0951. The first-order chi connectivity index (χ1) is 11.8. The lowest BCUT2D eigenvalue weighted by Gasteiger charge is -2.20. The molecular weight excluding hydrogens is 343 g/mol. The van der Waals surface area contributed by atoms with Crippen molar-refractivity contribution in [2.24, 2.45) is 0 Å². The molecule has 0 aromatic heterocycles. The topological polar surface area (TPSA) is 66.5 Å². The van der Waals surface area contributed by atoms with Gasteiger partial charge in [-0.15, -0.1) is 0 Å². The van der Waals surface area contributed by atoms with Crippen LogP contribution in [0.15, 0.2) is 48.5 Å². The van der Waals surface area contributed by atoms with Gasteiger partial charge in [-0.3, -0.25) is 4.79 Å². The van der Waals surface area contributed by atoms with E-state index >= 15 is 0 Å². The van der Waals surface area contributed by atoms with E-state index in [9.17, 15) is 17.6 Å². The highest BCUT2D eigenvalue weighted by atomic mass is 32.2. The van der Waals surface area contributed by atoms with Gasteiger partial charge in [0.2, 0.25) is 10.0 Å². The van der Waals surface area contributed by atoms with Gasteiger partial charge in [-0.25, -0.2) is 12.8 Å². The molecule has 1 amide bonds. The van der Waals surface area contributed by atoms with Crippen molar-refractivity contribution in [3.63, 3.8) is 0 Å². The van der Waals surface area contributed by atoms with E-state index < -0.39 is 15.8 Å². The minimum atomic E-state index is -3.53. The summed E-state index contributed by atoms with van der Waals surface area (Å²) in [6, 6.07) is 13.1. The van der Waals surface area contributed by atoms with Crippen molar-refractivity contribution in [2.45, 2.75) is 13.5 Å². The molecule has 0 unspecified atom stereocenters. The van der Waals surface area contributed by atoms with E-state index in [0.717, 1.165) is 16.1 Å². The Bertz CT molecular complexity index is 853. The van der Waals surface area contributed by atoms with Crippen molar-refractivity contribution >= 4 is 15.9 Å². The number of sulfonamides is 1. The van der Waals surface area contributed by atoms with Crippen LogP contribution in [0.3, 0.4) is 0 Å². The predicted octanol–water partition coefficient (Wildman–Crippen LogP) is 2.33. The van der Waals surface area contributed by atoms with Gasteiger partial charge in [0.15, 0.2) is 0 Å². The molecule has 0 saturated heterocycles. The van der Waals surface area contributed by atoms with E-state index in [2.05, 4.69) is 5.32 Å². The molecule has 0 fully saturated rings. The molecule has 25 heavy (non-hydrogen) atoms. The van der Waals surface area contributed by atoms with Crippen molar-refractivity contribution < 1.29 is 17.6 Å². The molecule has 2 aromatic carbocycles. The Morgan fingerprint density at radius 2 is 1.88 bits per heavy atom. The van der Waals surface area contributed by atoms with Crippen molar-refractivity contribution in [3.8, 4) is 0 Å². The summed E-state index contributed by atoms with van der Waals surface area (Å²) in [5.41, 5.74) is 1.77. The molecule has 0 saturated carbocycles. The maximum atomic E-state index is 13.8. The van der Waals surface area contributed by atoms with E-state index in [1.165, 1.54) is 6.07 Å². The molecule has 1 N–H and O–H groups in total. The van der Waals surface area contributed by atoms with Gasteiger partial charge in [0.25, 0.3) is 5.91 Å². The molecule has 7 heteroatoms. The van der Waals surface area contributed by atoms with Crippen molar-refractivity contribution in [1.82, 2.24) is 9.62 Å². The smallest absolute Gasteiger partial charge is 0.251 e. The van der Waals surface area contributed by atoms with E-state index in [4.69, 9.17) is 0 Å². The van der Waals surface area contributed by atoms with E-state index in [0.29, 0.717) is 5.56 Å². The van der Waals surface area contributed by atoms with Crippen molar-refractivity contribution in [2.75, 3.05) is 19.3 Å². The van der Waals surface area contributed by atoms with Crippen LogP contribution in [-0.2, 0) is 16.6 Å². The Morgan fingerprint density at radius 3 is 2.52 bits per heavy atom. The summed E-state index contributed by atoms with van der Waals surface area (Å²) in [5, 5.41) is 2.69. The van der Waals surface area contributed by atoms with Gasteiger partial charge in [-0.2, -0.15) is 4.31 Å². The molecule has 0 heterocycles. The number of carbonyl (C=O) groups excluding carboxylic acids is 1. The third-order valence-corrected chi connectivity index (χ3v) is 4.95. The molecule has 2 aromatic rings. The number of nitrogens with zero attached hydrogens (tertiary/aromatic N) is 1. The molecule has 5 nitrogen and oxygen atoms in total. The quantitative estimate of drug-likeness (QED) is 0.820. The maximum Gasteiger partial charge on any atom is 0.251 e. The third-order valence-electron chi connectivity index (χ3n) is 3.70. The Hall–Kier alpha value is -2.25. The second-order valence-corrected chi connectivity index (χ2v) is 7.80. The predicted molar refractivity (Wildman–Crippen MR) is 95.2 cm³/mol. The number of halogens is 1. The van der Waals surface area contributed by atoms with Crippen LogP contribution in [0.5, 0.6) is 0 Å². The fourth-order valence-electron chi connectivity index (χ4n) is 2.36.